The highest BCUT2D eigenvalue weighted by atomic mass is 16.5. The number of unbranched alkanes of at least 4 members (excludes halogenated alkanes) is 2. The van der Waals surface area contributed by atoms with Crippen molar-refractivity contribution in [2.75, 3.05) is 6.61 Å². The second-order valence-electron chi connectivity index (χ2n) is 7.92. The standard InChI is InChI=1S/C24H25NO4/c1-2-3-8-13-24(14-21(26)25-22(24)27)23(28)29-15-20-18-11-6-4-9-16(18)17-10-5-7-12-19(17)20/h4-7,9-12,20H,2-3,8,13-15H2,1H3,(H,25,26,27). The molecule has 0 spiro atoms. The Bertz CT molecular complexity index is 921. The van der Waals surface area contributed by atoms with E-state index in [4.69, 9.17) is 4.74 Å². The maximum atomic E-state index is 13.1. The van der Waals surface area contributed by atoms with Crippen molar-refractivity contribution in [3.8, 4) is 11.1 Å². The third kappa shape index (κ3) is 3.35. The van der Waals surface area contributed by atoms with Gasteiger partial charge >= 0.3 is 5.97 Å². The van der Waals surface area contributed by atoms with E-state index in [2.05, 4.69) is 36.5 Å². The van der Waals surface area contributed by atoms with Gasteiger partial charge in [-0.25, -0.2) is 0 Å². The van der Waals surface area contributed by atoms with Gasteiger partial charge in [0.1, 0.15) is 6.61 Å². The van der Waals surface area contributed by atoms with Gasteiger partial charge in [-0.1, -0.05) is 74.7 Å². The first-order valence-corrected chi connectivity index (χ1v) is 10.3. The van der Waals surface area contributed by atoms with Crippen LogP contribution in [0.15, 0.2) is 48.5 Å². The summed E-state index contributed by atoms with van der Waals surface area (Å²) in [6.07, 6.45) is 2.80. The summed E-state index contributed by atoms with van der Waals surface area (Å²) in [4.78, 5) is 37.4. The van der Waals surface area contributed by atoms with Crippen LogP contribution in [-0.4, -0.2) is 24.4 Å². The van der Waals surface area contributed by atoms with Crippen LogP contribution in [-0.2, 0) is 19.1 Å². The first-order valence-electron chi connectivity index (χ1n) is 10.3. The van der Waals surface area contributed by atoms with Gasteiger partial charge < -0.3 is 4.74 Å². The average Bonchev–Trinajstić information content (AvgIpc) is 3.20. The van der Waals surface area contributed by atoms with E-state index in [0.717, 1.165) is 35.1 Å². The number of carbonyl (C=O) groups excluding carboxylic acids is 3. The summed E-state index contributed by atoms with van der Waals surface area (Å²) in [5, 5.41) is 2.30. The van der Waals surface area contributed by atoms with Gasteiger partial charge in [0, 0.05) is 5.92 Å². The van der Waals surface area contributed by atoms with Crippen LogP contribution in [0.25, 0.3) is 11.1 Å². The molecule has 1 unspecified atom stereocenters. The molecule has 1 aliphatic heterocycles. The molecule has 150 valence electrons. The van der Waals surface area contributed by atoms with Crippen LogP contribution in [0.5, 0.6) is 0 Å². The zero-order chi connectivity index (χ0) is 20.4. The Morgan fingerprint density at radius 1 is 1.03 bits per heavy atom. The van der Waals surface area contributed by atoms with Gasteiger partial charge in [0.25, 0.3) is 0 Å². The Morgan fingerprint density at radius 2 is 1.66 bits per heavy atom. The molecule has 0 aromatic heterocycles. The highest BCUT2D eigenvalue weighted by Gasteiger charge is 2.53. The van der Waals surface area contributed by atoms with Crippen molar-refractivity contribution < 1.29 is 19.1 Å². The number of ether oxygens (including phenoxy) is 1. The molecular weight excluding hydrogens is 366 g/mol. The zero-order valence-corrected chi connectivity index (χ0v) is 16.6. The van der Waals surface area contributed by atoms with E-state index < -0.39 is 23.2 Å². The molecule has 2 amide bonds. The number of esters is 1. The highest BCUT2D eigenvalue weighted by Crippen LogP contribution is 2.45. The predicted molar refractivity (Wildman–Crippen MR) is 109 cm³/mol. The monoisotopic (exact) mass is 391 g/mol. The summed E-state index contributed by atoms with van der Waals surface area (Å²) < 4.78 is 5.72. The molecule has 5 heteroatoms. The van der Waals surface area contributed by atoms with Crippen LogP contribution in [0.3, 0.4) is 0 Å². The Kier molecular flexibility index (Phi) is 5.22. The molecule has 1 saturated heterocycles. The molecule has 1 aliphatic carbocycles. The summed E-state index contributed by atoms with van der Waals surface area (Å²) in [6.45, 7) is 2.21. The van der Waals surface area contributed by atoms with Gasteiger partial charge in [-0.3, -0.25) is 19.7 Å². The highest BCUT2D eigenvalue weighted by molar-refractivity contribution is 6.16. The van der Waals surface area contributed by atoms with Crippen LogP contribution in [0.4, 0.5) is 0 Å². The van der Waals surface area contributed by atoms with Crippen molar-refractivity contribution >= 4 is 17.8 Å². The predicted octanol–water partition coefficient (Wildman–Crippen LogP) is 3.96. The fourth-order valence-electron chi connectivity index (χ4n) is 4.53. The molecule has 1 heterocycles. The lowest BCUT2D eigenvalue weighted by Crippen LogP contribution is -2.40. The fraction of sp³-hybridized carbons (Fsp3) is 0.375. The van der Waals surface area contributed by atoms with Crippen LogP contribution in [0.2, 0.25) is 0 Å². The molecule has 2 aliphatic rings. The largest absolute Gasteiger partial charge is 0.464 e. The molecule has 1 atom stereocenters. The minimum absolute atomic E-state index is 0.0702. The Labute approximate surface area is 170 Å². The summed E-state index contributed by atoms with van der Waals surface area (Å²) in [5.74, 6) is -1.58. The van der Waals surface area contributed by atoms with E-state index in [-0.39, 0.29) is 18.9 Å². The minimum atomic E-state index is -1.39. The van der Waals surface area contributed by atoms with Crippen molar-refractivity contribution in [3.63, 3.8) is 0 Å². The number of hydrogen-bond donors (Lipinski definition) is 1. The van der Waals surface area contributed by atoms with Crippen LogP contribution < -0.4 is 5.32 Å². The number of imide groups is 1. The molecule has 1 N–H and O–H groups in total. The summed E-state index contributed by atoms with van der Waals surface area (Å²) in [5.41, 5.74) is 3.15. The Balaban J connectivity index is 1.55. The maximum absolute atomic E-state index is 13.1. The molecule has 2 aromatic rings. The smallest absolute Gasteiger partial charge is 0.322 e. The van der Waals surface area contributed by atoms with E-state index >= 15 is 0 Å². The molecule has 0 bridgehead atoms. The third-order valence-electron chi connectivity index (χ3n) is 6.09. The normalized spacial score (nSPS) is 20.3. The van der Waals surface area contributed by atoms with E-state index in [0.29, 0.717) is 12.8 Å². The van der Waals surface area contributed by atoms with E-state index in [1.165, 1.54) is 0 Å². The molecule has 0 radical (unpaired) electrons. The Hall–Kier alpha value is -2.95. The van der Waals surface area contributed by atoms with Crippen molar-refractivity contribution in [3.05, 3.63) is 59.7 Å². The van der Waals surface area contributed by atoms with Crippen LogP contribution >= 0.6 is 0 Å². The van der Waals surface area contributed by atoms with Crippen LogP contribution in [0, 0.1) is 5.41 Å². The molecule has 5 nitrogen and oxygen atoms in total. The average molecular weight is 391 g/mol. The van der Waals surface area contributed by atoms with Crippen molar-refractivity contribution in [1.82, 2.24) is 5.32 Å². The molecule has 0 saturated carbocycles. The number of amides is 2. The minimum Gasteiger partial charge on any atom is -0.464 e. The van der Waals surface area contributed by atoms with Gasteiger partial charge in [-0.05, 0) is 28.7 Å². The van der Waals surface area contributed by atoms with Gasteiger partial charge in [0.15, 0.2) is 5.41 Å². The first kappa shape index (κ1) is 19.4. The summed E-state index contributed by atoms with van der Waals surface area (Å²) >= 11 is 0. The second-order valence-corrected chi connectivity index (χ2v) is 7.92. The van der Waals surface area contributed by atoms with E-state index in [1.807, 2.05) is 24.3 Å². The number of hydrogen-bond acceptors (Lipinski definition) is 4. The first-order chi connectivity index (χ1) is 14.1. The fourth-order valence-corrected chi connectivity index (χ4v) is 4.53. The number of benzene rings is 2. The molecule has 4 rings (SSSR count). The number of carbonyl (C=O) groups is 3. The van der Waals surface area contributed by atoms with Crippen molar-refractivity contribution in [2.24, 2.45) is 5.41 Å². The quantitative estimate of drug-likeness (QED) is 0.336. The van der Waals surface area contributed by atoms with Gasteiger partial charge in [-0.2, -0.15) is 0 Å². The second kappa shape index (κ2) is 7.82. The van der Waals surface area contributed by atoms with Crippen molar-refractivity contribution in [1.29, 1.82) is 0 Å². The Morgan fingerprint density at radius 3 is 2.21 bits per heavy atom. The van der Waals surface area contributed by atoms with Gasteiger partial charge in [0.2, 0.25) is 11.8 Å². The number of rotatable bonds is 7. The number of fused-ring (bicyclic) bond motifs is 3. The molecule has 1 fully saturated rings. The molecule has 2 aromatic carbocycles. The SMILES string of the molecule is CCCCCC1(C(=O)OCC2c3ccccc3-c3ccccc32)CC(=O)NC1=O. The lowest BCUT2D eigenvalue weighted by atomic mass is 9.81. The van der Waals surface area contributed by atoms with Crippen LogP contribution in [0.1, 0.15) is 56.1 Å². The summed E-state index contributed by atoms with van der Waals surface area (Å²) in [6, 6.07) is 16.2. The lowest BCUT2D eigenvalue weighted by Gasteiger charge is -2.24. The van der Waals surface area contributed by atoms with Gasteiger partial charge in [0.05, 0.1) is 6.42 Å². The van der Waals surface area contributed by atoms with E-state index in [9.17, 15) is 14.4 Å². The number of nitrogens with one attached hydrogen (secondary N) is 1. The summed E-state index contributed by atoms with van der Waals surface area (Å²) in [7, 11) is 0. The topological polar surface area (TPSA) is 72.5 Å². The zero-order valence-electron chi connectivity index (χ0n) is 16.6. The lowest BCUT2D eigenvalue weighted by molar-refractivity contribution is -0.160. The maximum Gasteiger partial charge on any atom is 0.322 e. The molecule has 29 heavy (non-hydrogen) atoms. The van der Waals surface area contributed by atoms with E-state index in [1.54, 1.807) is 0 Å². The molecular formula is C24H25NO4. The van der Waals surface area contributed by atoms with Crippen molar-refractivity contribution in [2.45, 2.75) is 44.9 Å². The third-order valence-corrected chi connectivity index (χ3v) is 6.09. The van der Waals surface area contributed by atoms with Gasteiger partial charge in [-0.15, -0.1) is 0 Å².